The van der Waals surface area contributed by atoms with E-state index in [2.05, 4.69) is 31.9 Å². The van der Waals surface area contributed by atoms with Crippen molar-refractivity contribution in [3.05, 3.63) is 74.7 Å². The summed E-state index contributed by atoms with van der Waals surface area (Å²) in [7, 11) is 0. The number of hydrogen-bond acceptors (Lipinski definition) is 1. The molecule has 0 fully saturated rings. The first kappa shape index (κ1) is 19.9. The largest absolute Gasteiger partial charge is 0.334 e. The van der Waals surface area contributed by atoms with Crippen LogP contribution >= 0.6 is 31.9 Å². The molecule has 2 nitrogen and oxygen atoms in total. The zero-order valence-corrected chi connectivity index (χ0v) is 18.1. The topological polar surface area (TPSA) is 20.3 Å². The molecule has 0 aromatic heterocycles. The van der Waals surface area contributed by atoms with Crippen LogP contribution in [0.15, 0.2) is 63.6 Å². The Labute approximate surface area is 167 Å². The van der Waals surface area contributed by atoms with E-state index >= 15 is 0 Å². The standard InChI is InChI=1S/C21H23Br2NO/c1-14(2)24(15(3)4)21(25)13-18(16-8-6-5-7-9-16)17-10-11-19(22)20(23)12-17/h5-15H,1-4H3/b18-13-. The van der Waals surface area contributed by atoms with Crippen LogP contribution in [-0.2, 0) is 4.79 Å². The summed E-state index contributed by atoms with van der Waals surface area (Å²) in [6.45, 7) is 8.18. The summed E-state index contributed by atoms with van der Waals surface area (Å²) in [5.74, 6) is 0.0305. The molecular weight excluding hydrogens is 442 g/mol. The third kappa shape index (κ3) is 5.05. The molecule has 0 bridgehead atoms. The fourth-order valence-corrected chi connectivity index (χ4v) is 3.54. The van der Waals surface area contributed by atoms with E-state index in [1.165, 1.54) is 0 Å². The minimum atomic E-state index is 0.0305. The van der Waals surface area contributed by atoms with Crippen LogP contribution < -0.4 is 0 Å². The zero-order chi connectivity index (χ0) is 18.6. The van der Waals surface area contributed by atoms with Crippen LogP contribution in [0.1, 0.15) is 38.8 Å². The number of amides is 1. The molecule has 0 saturated carbocycles. The lowest BCUT2D eigenvalue weighted by molar-refractivity contribution is -0.129. The average molecular weight is 465 g/mol. The van der Waals surface area contributed by atoms with Gasteiger partial charge >= 0.3 is 0 Å². The lowest BCUT2D eigenvalue weighted by Crippen LogP contribution is -2.41. The van der Waals surface area contributed by atoms with Crippen molar-refractivity contribution in [2.45, 2.75) is 39.8 Å². The van der Waals surface area contributed by atoms with Crippen LogP contribution in [0.2, 0.25) is 0 Å². The van der Waals surface area contributed by atoms with Crippen LogP contribution in [0.25, 0.3) is 5.57 Å². The quantitative estimate of drug-likeness (QED) is 0.476. The van der Waals surface area contributed by atoms with Crippen molar-refractivity contribution in [1.82, 2.24) is 4.90 Å². The molecule has 4 heteroatoms. The first-order chi connectivity index (χ1) is 11.8. The van der Waals surface area contributed by atoms with E-state index in [1.54, 1.807) is 6.08 Å². The van der Waals surface area contributed by atoms with Crippen molar-refractivity contribution in [3.8, 4) is 0 Å². The molecule has 0 atom stereocenters. The van der Waals surface area contributed by atoms with Gasteiger partial charge in [0.1, 0.15) is 0 Å². The van der Waals surface area contributed by atoms with Crippen molar-refractivity contribution < 1.29 is 4.79 Å². The molecule has 0 radical (unpaired) electrons. The van der Waals surface area contributed by atoms with Gasteiger partial charge in [-0.1, -0.05) is 36.4 Å². The second-order valence-electron chi connectivity index (χ2n) is 6.49. The third-order valence-corrected chi connectivity index (χ3v) is 5.83. The molecule has 0 unspecified atom stereocenters. The lowest BCUT2D eigenvalue weighted by Gasteiger charge is -2.30. The highest BCUT2D eigenvalue weighted by atomic mass is 79.9. The summed E-state index contributed by atoms with van der Waals surface area (Å²) in [6, 6.07) is 16.4. The molecule has 2 aromatic carbocycles. The highest BCUT2D eigenvalue weighted by molar-refractivity contribution is 9.13. The van der Waals surface area contributed by atoms with E-state index in [0.717, 1.165) is 25.6 Å². The maximum atomic E-state index is 13.0. The van der Waals surface area contributed by atoms with Crippen molar-refractivity contribution >= 4 is 43.3 Å². The van der Waals surface area contributed by atoms with Gasteiger partial charge < -0.3 is 4.90 Å². The molecule has 0 N–H and O–H groups in total. The van der Waals surface area contributed by atoms with Gasteiger partial charge in [0.2, 0.25) is 5.91 Å². The summed E-state index contributed by atoms with van der Waals surface area (Å²) < 4.78 is 1.95. The molecule has 0 saturated heterocycles. The molecular formula is C21H23Br2NO. The molecule has 25 heavy (non-hydrogen) atoms. The van der Waals surface area contributed by atoms with Crippen molar-refractivity contribution in [2.24, 2.45) is 0 Å². The highest BCUT2D eigenvalue weighted by Crippen LogP contribution is 2.30. The van der Waals surface area contributed by atoms with Gasteiger partial charge in [0, 0.05) is 27.1 Å². The van der Waals surface area contributed by atoms with Gasteiger partial charge in [-0.3, -0.25) is 4.79 Å². The van der Waals surface area contributed by atoms with Crippen LogP contribution in [0, 0.1) is 0 Å². The van der Waals surface area contributed by atoms with Crippen LogP contribution in [0.4, 0.5) is 0 Å². The van der Waals surface area contributed by atoms with Gasteiger partial charge in [0.05, 0.1) is 0 Å². The second kappa shape index (κ2) is 8.81. The molecule has 2 rings (SSSR count). The van der Waals surface area contributed by atoms with E-state index < -0.39 is 0 Å². The van der Waals surface area contributed by atoms with Gasteiger partial charge in [-0.05, 0) is 88.4 Å². The first-order valence-electron chi connectivity index (χ1n) is 8.36. The number of nitrogens with zero attached hydrogens (tertiary/aromatic N) is 1. The van der Waals surface area contributed by atoms with Crippen LogP contribution in [0.5, 0.6) is 0 Å². The van der Waals surface area contributed by atoms with E-state index in [4.69, 9.17) is 0 Å². The highest BCUT2D eigenvalue weighted by Gasteiger charge is 2.19. The lowest BCUT2D eigenvalue weighted by atomic mass is 9.97. The molecule has 0 heterocycles. The van der Waals surface area contributed by atoms with E-state index in [0.29, 0.717) is 0 Å². The second-order valence-corrected chi connectivity index (χ2v) is 8.19. The zero-order valence-electron chi connectivity index (χ0n) is 15.0. The molecule has 0 spiro atoms. The SMILES string of the molecule is CC(C)N(C(=O)/C=C(/c1ccccc1)c1ccc(Br)c(Br)c1)C(C)C. The summed E-state index contributed by atoms with van der Waals surface area (Å²) in [5, 5.41) is 0. The maximum Gasteiger partial charge on any atom is 0.247 e. The maximum absolute atomic E-state index is 13.0. The third-order valence-electron chi connectivity index (χ3n) is 3.95. The minimum absolute atomic E-state index is 0.0305. The van der Waals surface area contributed by atoms with Gasteiger partial charge in [0.25, 0.3) is 0 Å². The Balaban J connectivity index is 2.55. The Hall–Kier alpha value is -1.39. The Bertz CT molecular complexity index is 759. The van der Waals surface area contributed by atoms with Crippen molar-refractivity contribution in [2.75, 3.05) is 0 Å². The summed E-state index contributed by atoms with van der Waals surface area (Å²) in [4.78, 5) is 14.9. The van der Waals surface area contributed by atoms with Crippen molar-refractivity contribution in [1.29, 1.82) is 0 Å². The van der Waals surface area contributed by atoms with Gasteiger partial charge in [0.15, 0.2) is 0 Å². The smallest absolute Gasteiger partial charge is 0.247 e. The Kier molecular flexibility index (Phi) is 7.03. The summed E-state index contributed by atoms with van der Waals surface area (Å²) in [6.07, 6.45) is 1.75. The van der Waals surface area contributed by atoms with Crippen LogP contribution in [0.3, 0.4) is 0 Å². The monoisotopic (exact) mass is 463 g/mol. The molecule has 132 valence electrons. The van der Waals surface area contributed by atoms with E-state index in [1.807, 2.05) is 81.1 Å². The molecule has 2 aromatic rings. The summed E-state index contributed by atoms with van der Waals surface area (Å²) in [5.41, 5.74) is 2.95. The predicted molar refractivity (Wildman–Crippen MR) is 112 cm³/mol. The van der Waals surface area contributed by atoms with Crippen LogP contribution in [-0.4, -0.2) is 22.9 Å². The van der Waals surface area contributed by atoms with E-state index in [-0.39, 0.29) is 18.0 Å². The number of hydrogen-bond donors (Lipinski definition) is 0. The molecule has 0 aliphatic carbocycles. The fourth-order valence-electron chi connectivity index (χ4n) is 2.92. The molecule has 0 aliphatic heterocycles. The Morgan fingerprint density at radius 3 is 2.00 bits per heavy atom. The number of rotatable bonds is 5. The molecule has 0 aliphatic rings. The number of benzene rings is 2. The minimum Gasteiger partial charge on any atom is -0.334 e. The number of carbonyl (C=O) groups excluding carboxylic acids is 1. The molecule has 1 amide bonds. The predicted octanol–water partition coefficient (Wildman–Crippen LogP) is 6.29. The van der Waals surface area contributed by atoms with E-state index in [9.17, 15) is 4.79 Å². The normalized spacial score (nSPS) is 11.9. The number of carbonyl (C=O) groups is 1. The Morgan fingerprint density at radius 1 is 0.880 bits per heavy atom. The van der Waals surface area contributed by atoms with Gasteiger partial charge in [-0.2, -0.15) is 0 Å². The van der Waals surface area contributed by atoms with Crippen molar-refractivity contribution in [3.63, 3.8) is 0 Å². The average Bonchev–Trinajstić information content (AvgIpc) is 2.55. The van der Waals surface area contributed by atoms with Gasteiger partial charge in [-0.25, -0.2) is 0 Å². The summed E-state index contributed by atoms with van der Waals surface area (Å²) >= 11 is 7.06. The fraction of sp³-hybridized carbons (Fsp3) is 0.286. The first-order valence-corrected chi connectivity index (χ1v) is 9.94. The Morgan fingerprint density at radius 2 is 1.48 bits per heavy atom. The number of halogens is 2. The van der Waals surface area contributed by atoms with Gasteiger partial charge in [-0.15, -0.1) is 0 Å².